The fourth-order valence-electron chi connectivity index (χ4n) is 1.82. The van der Waals surface area contributed by atoms with Crippen LogP contribution in [0.15, 0.2) is 46.4 Å². The molecule has 2 heterocycles. The number of nitrogens with one attached hydrogen (secondary N) is 2. The van der Waals surface area contributed by atoms with Crippen LogP contribution >= 0.6 is 11.6 Å². The molecule has 0 spiro atoms. The Bertz CT molecular complexity index is 698. The van der Waals surface area contributed by atoms with Gasteiger partial charge in [-0.05, 0) is 42.5 Å². The number of furan rings is 1. The van der Waals surface area contributed by atoms with E-state index in [1.165, 1.54) is 6.08 Å². The van der Waals surface area contributed by atoms with Gasteiger partial charge in [-0.1, -0.05) is 11.6 Å². The lowest BCUT2D eigenvalue weighted by atomic mass is 10.2. The first kappa shape index (κ1) is 12.5. The highest BCUT2D eigenvalue weighted by molar-refractivity contribution is 6.30. The van der Waals surface area contributed by atoms with E-state index < -0.39 is 11.8 Å². The summed E-state index contributed by atoms with van der Waals surface area (Å²) in [6.07, 6.45) is 1.40. The number of carbonyl (C=O) groups excluding carboxylic acids is 2. The van der Waals surface area contributed by atoms with E-state index in [9.17, 15) is 9.59 Å². The van der Waals surface area contributed by atoms with E-state index in [1.807, 2.05) is 12.1 Å². The Morgan fingerprint density at radius 2 is 1.60 bits per heavy atom. The molecule has 0 aliphatic carbocycles. The van der Waals surface area contributed by atoms with Crippen LogP contribution in [0.25, 0.3) is 17.4 Å². The summed E-state index contributed by atoms with van der Waals surface area (Å²) in [4.78, 5) is 22.8. The SMILES string of the molecule is O=C1NNC(=O)C1=Cc1ccc(-c2ccc(Cl)cc2)o1. The summed E-state index contributed by atoms with van der Waals surface area (Å²) >= 11 is 5.82. The van der Waals surface area contributed by atoms with Crippen LogP contribution in [0.2, 0.25) is 5.02 Å². The fraction of sp³-hybridized carbons (Fsp3) is 0. The van der Waals surface area contributed by atoms with Crippen molar-refractivity contribution < 1.29 is 14.0 Å². The average molecular weight is 289 g/mol. The van der Waals surface area contributed by atoms with Crippen molar-refractivity contribution >= 4 is 29.5 Å². The molecule has 5 nitrogen and oxygen atoms in total. The third kappa shape index (κ3) is 2.31. The molecule has 2 aromatic rings. The van der Waals surface area contributed by atoms with E-state index in [-0.39, 0.29) is 5.57 Å². The molecule has 3 rings (SSSR count). The van der Waals surface area contributed by atoms with Gasteiger partial charge in [0, 0.05) is 10.6 Å². The van der Waals surface area contributed by atoms with Crippen molar-refractivity contribution in [3.63, 3.8) is 0 Å². The quantitative estimate of drug-likeness (QED) is 0.657. The Morgan fingerprint density at radius 3 is 2.25 bits per heavy atom. The Morgan fingerprint density at radius 1 is 0.950 bits per heavy atom. The van der Waals surface area contributed by atoms with Gasteiger partial charge in [-0.15, -0.1) is 0 Å². The second-order valence-electron chi connectivity index (χ2n) is 4.18. The maximum Gasteiger partial charge on any atom is 0.275 e. The summed E-state index contributed by atoms with van der Waals surface area (Å²) in [5, 5.41) is 0.641. The molecule has 1 aliphatic heterocycles. The van der Waals surface area contributed by atoms with Gasteiger partial charge in [0.2, 0.25) is 0 Å². The number of hydrogen-bond donors (Lipinski definition) is 2. The fourth-order valence-corrected chi connectivity index (χ4v) is 1.95. The summed E-state index contributed by atoms with van der Waals surface area (Å²) < 4.78 is 5.59. The van der Waals surface area contributed by atoms with Crippen molar-refractivity contribution in [2.75, 3.05) is 0 Å². The Labute approximate surface area is 119 Å². The van der Waals surface area contributed by atoms with E-state index in [0.717, 1.165) is 5.56 Å². The van der Waals surface area contributed by atoms with Crippen LogP contribution in [-0.2, 0) is 9.59 Å². The second-order valence-corrected chi connectivity index (χ2v) is 4.61. The minimum atomic E-state index is -0.473. The molecule has 2 N–H and O–H groups in total. The van der Waals surface area contributed by atoms with E-state index in [2.05, 4.69) is 10.9 Å². The summed E-state index contributed by atoms with van der Waals surface area (Å²) in [6.45, 7) is 0. The lowest BCUT2D eigenvalue weighted by molar-refractivity contribution is -0.117. The normalized spacial score (nSPS) is 14.2. The molecule has 0 atom stereocenters. The zero-order chi connectivity index (χ0) is 14.1. The number of halogens is 1. The lowest BCUT2D eigenvalue weighted by Crippen LogP contribution is -2.28. The zero-order valence-electron chi connectivity index (χ0n) is 10.1. The monoisotopic (exact) mass is 288 g/mol. The van der Waals surface area contributed by atoms with Gasteiger partial charge in [-0.2, -0.15) is 0 Å². The van der Waals surface area contributed by atoms with Crippen LogP contribution in [0.1, 0.15) is 5.76 Å². The highest BCUT2D eigenvalue weighted by Gasteiger charge is 2.25. The topological polar surface area (TPSA) is 71.3 Å². The minimum Gasteiger partial charge on any atom is -0.457 e. The van der Waals surface area contributed by atoms with Crippen molar-refractivity contribution in [1.82, 2.24) is 10.9 Å². The third-order valence-electron chi connectivity index (χ3n) is 2.82. The molecule has 1 aromatic carbocycles. The number of rotatable bonds is 2. The van der Waals surface area contributed by atoms with Gasteiger partial charge in [0.15, 0.2) is 0 Å². The Kier molecular flexibility index (Phi) is 3.04. The molecule has 0 saturated carbocycles. The van der Waals surface area contributed by atoms with Crippen molar-refractivity contribution in [3.8, 4) is 11.3 Å². The summed E-state index contributed by atoms with van der Waals surface area (Å²) in [5.41, 5.74) is 5.32. The Balaban J connectivity index is 1.91. The molecule has 6 heteroatoms. The molecule has 0 bridgehead atoms. The predicted octanol–water partition coefficient (Wildman–Crippen LogP) is 2.14. The number of carbonyl (C=O) groups is 2. The standard InChI is InChI=1S/C14H9ClN2O3/c15-9-3-1-8(2-4-9)12-6-5-10(20-12)7-11-13(18)16-17-14(11)19/h1-7H,(H,16,18)(H,17,19). The number of hydrazine groups is 1. The predicted molar refractivity (Wildman–Crippen MR) is 73.4 cm³/mol. The molecule has 1 aliphatic rings. The highest BCUT2D eigenvalue weighted by Crippen LogP contribution is 2.25. The first-order valence-corrected chi connectivity index (χ1v) is 6.19. The number of benzene rings is 1. The van der Waals surface area contributed by atoms with E-state index in [1.54, 1.807) is 24.3 Å². The van der Waals surface area contributed by atoms with Gasteiger partial charge in [0.1, 0.15) is 17.1 Å². The van der Waals surface area contributed by atoms with E-state index >= 15 is 0 Å². The van der Waals surface area contributed by atoms with Crippen molar-refractivity contribution in [2.45, 2.75) is 0 Å². The highest BCUT2D eigenvalue weighted by atomic mass is 35.5. The lowest BCUT2D eigenvalue weighted by Gasteiger charge is -1.96. The molecule has 2 amide bonds. The summed E-state index contributed by atoms with van der Waals surface area (Å²) in [5.74, 6) is 0.114. The van der Waals surface area contributed by atoms with Crippen molar-refractivity contribution in [1.29, 1.82) is 0 Å². The molecule has 1 aromatic heterocycles. The maximum absolute atomic E-state index is 11.4. The smallest absolute Gasteiger partial charge is 0.275 e. The molecule has 1 saturated heterocycles. The van der Waals surface area contributed by atoms with E-state index in [4.69, 9.17) is 16.0 Å². The molecule has 0 radical (unpaired) electrons. The third-order valence-corrected chi connectivity index (χ3v) is 3.07. The van der Waals surface area contributed by atoms with Gasteiger partial charge < -0.3 is 4.42 Å². The van der Waals surface area contributed by atoms with E-state index in [0.29, 0.717) is 16.5 Å². The van der Waals surface area contributed by atoms with Crippen LogP contribution in [0.5, 0.6) is 0 Å². The van der Waals surface area contributed by atoms with Gasteiger partial charge in [0.05, 0.1) is 0 Å². The van der Waals surface area contributed by atoms with Crippen LogP contribution in [0.4, 0.5) is 0 Å². The van der Waals surface area contributed by atoms with Gasteiger partial charge in [-0.25, -0.2) is 0 Å². The van der Waals surface area contributed by atoms with Crippen LogP contribution < -0.4 is 10.9 Å². The van der Waals surface area contributed by atoms with Gasteiger partial charge >= 0.3 is 0 Å². The first-order valence-electron chi connectivity index (χ1n) is 5.81. The minimum absolute atomic E-state index is 0.0157. The second kappa shape index (κ2) is 4.86. The number of hydrogen-bond acceptors (Lipinski definition) is 3. The van der Waals surface area contributed by atoms with Gasteiger partial charge in [-0.3, -0.25) is 20.4 Å². The summed E-state index contributed by atoms with van der Waals surface area (Å²) in [7, 11) is 0. The molecule has 0 unspecified atom stereocenters. The molecule has 100 valence electrons. The van der Waals surface area contributed by atoms with Crippen molar-refractivity contribution in [3.05, 3.63) is 52.8 Å². The molecular formula is C14H9ClN2O3. The average Bonchev–Trinajstić information content (AvgIpc) is 3.02. The molecule has 20 heavy (non-hydrogen) atoms. The van der Waals surface area contributed by atoms with Crippen molar-refractivity contribution in [2.24, 2.45) is 0 Å². The van der Waals surface area contributed by atoms with Crippen LogP contribution in [-0.4, -0.2) is 11.8 Å². The first-order chi connectivity index (χ1) is 9.63. The largest absolute Gasteiger partial charge is 0.457 e. The molecular weight excluding hydrogens is 280 g/mol. The van der Waals surface area contributed by atoms with Gasteiger partial charge in [0.25, 0.3) is 11.8 Å². The zero-order valence-corrected chi connectivity index (χ0v) is 10.9. The number of amides is 2. The Hall–Kier alpha value is -2.53. The molecule has 1 fully saturated rings. The van der Waals surface area contributed by atoms with Crippen LogP contribution in [0, 0.1) is 0 Å². The maximum atomic E-state index is 11.4. The summed E-state index contributed by atoms with van der Waals surface area (Å²) in [6, 6.07) is 10.6. The van der Waals surface area contributed by atoms with Crippen LogP contribution in [0.3, 0.4) is 0 Å².